The van der Waals surface area contributed by atoms with Crippen LogP contribution in [0.15, 0.2) is 0 Å². The highest BCUT2D eigenvalue weighted by Gasteiger charge is 2.05. The van der Waals surface area contributed by atoms with Crippen LogP contribution < -0.4 is 5.32 Å². The van der Waals surface area contributed by atoms with Gasteiger partial charge in [-0.05, 0) is 20.9 Å². The summed E-state index contributed by atoms with van der Waals surface area (Å²) in [5.41, 5.74) is 0. The van der Waals surface area contributed by atoms with E-state index in [1.165, 1.54) is 0 Å². The van der Waals surface area contributed by atoms with Crippen LogP contribution in [0.5, 0.6) is 0 Å². The Kier molecular flexibility index (Phi) is 8.08. The fraction of sp³-hybridized carbons (Fsp3) is 1.00. The first kappa shape index (κ1) is 13.8. The van der Waals surface area contributed by atoms with Crippen molar-refractivity contribution in [2.45, 2.75) is 26.2 Å². The van der Waals surface area contributed by atoms with Gasteiger partial charge in [-0.15, -0.1) is 0 Å². The molecule has 0 bridgehead atoms. The number of likely N-dealkylation sites (N-methyl/N-ethyl adjacent to an activating group) is 1. The van der Waals surface area contributed by atoms with Crippen LogP contribution in [0.25, 0.3) is 0 Å². The second-order valence-electron chi connectivity index (χ2n) is 3.68. The zero-order valence-electron chi connectivity index (χ0n) is 10.0. The van der Waals surface area contributed by atoms with E-state index < -0.39 is 0 Å². The minimum absolute atomic E-state index is 0.139. The molecule has 4 nitrogen and oxygen atoms in total. The minimum atomic E-state index is -0.139. The predicted octanol–water partition coefficient (Wildman–Crippen LogP) is 0.535. The maximum Gasteiger partial charge on any atom is 0.169 e. The highest BCUT2D eigenvalue weighted by atomic mass is 16.7. The summed E-state index contributed by atoms with van der Waals surface area (Å²) in [4.78, 5) is 2.29. The van der Waals surface area contributed by atoms with E-state index >= 15 is 0 Å². The van der Waals surface area contributed by atoms with Crippen molar-refractivity contribution in [2.75, 3.05) is 40.9 Å². The molecular formula is C10H24N2O2. The van der Waals surface area contributed by atoms with Crippen LogP contribution in [0.2, 0.25) is 0 Å². The van der Waals surface area contributed by atoms with E-state index in [-0.39, 0.29) is 6.29 Å². The van der Waals surface area contributed by atoms with Crippen molar-refractivity contribution in [1.82, 2.24) is 10.2 Å². The maximum atomic E-state index is 5.06. The number of ether oxygens (including phenoxy) is 2. The summed E-state index contributed by atoms with van der Waals surface area (Å²) in [6.07, 6.45) is -0.139. The van der Waals surface area contributed by atoms with Crippen molar-refractivity contribution >= 4 is 0 Å². The van der Waals surface area contributed by atoms with E-state index in [9.17, 15) is 0 Å². The fourth-order valence-corrected chi connectivity index (χ4v) is 0.996. The van der Waals surface area contributed by atoms with Crippen LogP contribution in [0, 0.1) is 0 Å². The van der Waals surface area contributed by atoms with E-state index in [2.05, 4.69) is 31.1 Å². The van der Waals surface area contributed by atoms with E-state index in [0.29, 0.717) is 6.04 Å². The van der Waals surface area contributed by atoms with Crippen LogP contribution in [-0.4, -0.2) is 58.1 Å². The number of methoxy groups -OCH3 is 2. The average molecular weight is 204 g/mol. The molecule has 0 heterocycles. The lowest BCUT2D eigenvalue weighted by molar-refractivity contribution is -0.0987. The topological polar surface area (TPSA) is 33.7 Å². The Hall–Kier alpha value is -0.160. The first-order valence-electron chi connectivity index (χ1n) is 5.08. The molecule has 0 spiro atoms. The molecule has 1 N–H and O–H groups in total. The molecule has 0 atom stereocenters. The summed E-state index contributed by atoms with van der Waals surface area (Å²) in [7, 11) is 5.42. The monoisotopic (exact) mass is 204 g/mol. The molecular weight excluding hydrogens is 180 g/mol. The van der Waals surface area contributed by atoms with Gasteiger partial charge in [0.15, 0.2) is 6.29 Å². The number of hydrogen-bond donors (Lipinski definition) is 1. The molecule has 0 unspecified atom stereocenters. The largest absolute Gasteiger partial charge is 0.355 e. The molecule has 0 aliphatic carbocycles. The molecule has 0 amide bonds. The molecule has 0 aromatic rings. The number of nitrogens with one attached hydrogen (secondary N) is 1. The van der Waals surface area contributed by atoms with Gasteiger partial charge in [-0.2, -0.15) is 0 Å². The van der Waals surface area contributed by atoms with Gasteiger partial charge in [0.05, 0.1) is 0 Å². The van der Waals surface area contributed by atoms with Gasteiger partial charge in [-0.1, -0.05) is 0 Å². The SMILES string of the molecule is COC(CNCCN(C)C(C)C)OC. The van der Waals surface area contributed by atoms with E-state index in [0.717, 1.165) is 19.6 Å². The predicted molar refractivity (Wildman–Crippen MR) is 58.4 cm³/mol. The number of hydrogen-bond acceptors (Lipinski definition) is 4. The van der Waals surface area contributed by atoms with Crippen LogP contribution in [0.4, 0.5) is 0 Å². The lowest BCUT2D eigenvalue weighted by Crippen LogP contribution is -2.37. The third-order valence-electron chi connectivity index (χ3n) is 2.36. The molecule has 0 aliphatic rings. The molecule has 0 aliphatic heterocycles. The van der Waals surface area contributed by atoms with Crippen molar-refractivity contribution < 1.29 is 9.47 Å². The summed E-state index contributed by atoms with van der Waals surface area (Å²) < 4.78 is 10.1. The Morgan fingerprint density at radius 1 is 1.21 bits per heavy atom. The van der Waals surface area contributed by atoms with Gasteiger partial charge in [-0.25, -0.2) is 0 Å². The highest BCUT2D eigenvalue weighted by Crippen LogP contribution is 1.91. The zero-order chi connectivity index (χ0) is 11.0. The minimum Gasteiger partial charge on any atom is -0.355 e. The molecule has 0 aromatic heterocycles. The second kappa shape index (κ2) is 8.17. The third-order valence-corrected chi connectivity index (χ3v) is 2.36. The van der Waals surface area contributed by atoms with Crippen LogP contribution in [0.1, 0.15) is 13.8 Å². The summed E-state index contributed by atoms with van der Waals surface area (Å²) in [6.45, 7) is 7.11. The van der Waals surface area contributed by atoms with E-state index in [1.54, 1.807) is 14.2 Å². The Balaban J connectivity index is 3.36. The van der Waals surface area contributed by atoms with Crippen LogP contribution >= 0.6 is 0 Å². The lowest BCUT2D eigenvalue weighted by atomic mass is 10.3. The Morgan fingerprint density at radius 2 is 1.79 bits per heavy atom. The van der Waals surface area contributed by atoms with Gasteiger partial charge in [0, 0.05) is 39.9 Å². The molecule has 0 rings (SSSR count). The van der Waals surface area contributed by atoms with Crippen molar-refractivity contribution in [3.63, 3.8) is 0 Å². The molecule has 0 aromatic carbocycles. The van der Waals surface area contributed by atoms with Crippen molar-refractivity contribution in [3.8, 4) is 0 Å². The molecule has 0 saturated heterocycles. The van der Waals surface area contributed by atoms with Gasteiger partial charge in [0.1, 0.15) is 0 Å². The van der Waals surface area contributed by atoms with Gasteiger partial charge in [0.2, 0.25) is 0 Å². The van der Waals surface area contributed by atoms with Gasteiger partial charge in [-0.3, -0.25) is 0 Å². The van der Waals surface area contributed by atoms with E-state index in [1.807, 2.05) is 0 Å². The number of rotatable bonds is 8. The first-order chi connectivity index (χ1) is 6.61. The highest BCUT2D eigenvalue weighted by molar-refractivity contribution is 4.59. The summed E-state index contributed by atoms with van der Waals surface area (Å²) >= 11 is 0. The molecule has 4 heteroatoms. The van der Waals surface area contributed by atoms with Gasteiger partial charge >= 0.3 is 0 Å². The molecule has 14 heavy (non-hydrogen) atoms. The Morgan fingerprint density at radius 3 is 2.21 bits per heavy atom. The first-order valence-corrected chi connectivity index (χ1v) is 5.08. The molecule has 86 valence electrons. The van der Waals surface area contributed by atoms with Crippen molar-refractivity contribution in [3.05, 3.63) is 0 Å². The van der Waals surface area contributed by atoms with Crippen molar-refractivity contribution in [2.24, 2.45) is 0 Å². The second-order valence-corrected chi connectivity index (χ2v) is 3.68. The normalized spacial score (nSPS) is 12.0. The summed E-state index contributed by atoms with van der Waals surface area (Å²) in [6, 6.07) is 0.595. The van der Waals surface area contributed by atoms with Gasteiger partial charge in [0.25, 0.3) is 0 Å². The van der Waals surface area contributed by atoms with Crippen LogP contribution in [-0.2, 0) is 9.47 Å². The maximum absolute atomic E-state index is 5.06. The molecule has 0 radical (unpaired) electrons. The molecule has 0 saturated carbocycles. The fourth-order valence-electron chi connectivity index (χ4n) is 0.996. The average Bonchev–Trinajstić information content (AvgIpc) is 2.17. The lowest BCUT2D eigenvalue weighted by Gasteiger charge is -2.21. The standard InChI is InChI=1S/C10H24N2O2/c1-9(2)12(3)7-6-11-8-10(13-4)14-5/h9-11H,6-8H2,1-5H3. The third kappa shape index (κ3) is 6.32. The summed E-state index contributed by atoms with van der Waals surface area (Å²) in [5.74, 6) is 0. The van der Waals surface area contributed by atoms with Gasteiger partial charge < -0.3 is 19.7 Å². The Bertz CT molecular complexity index is 123. The smallest absolute Gasteiger partial charge is 0.169 e. The van der Waals surface area contributed by atoms with Crippen LogP contribution in [0.3, 0.4) is 0 Å². The number of nitrogens with zero attached hydrogens (tertiary/aromatic N) is 1. The Labute approximate surface area is 87.6 Å². The zero-order valence-corrected chi connectivity index (χ0v) is 10.0. The van der Waals surface area contributed by atoms with E-state index in [4.69, 9.17) is 9.47 Å². The quantitative estimate of drug-likeness (QED) is 0.462. The summed E-state index contributed by atoms with van der Waals surface area (Å²) in [5, 5.41) is 3.28. The van der Waals surface area contributed by atoms with Crippen molar-refractivity contribution in [1.29, 1.82) is 0 Å². The molecule has 0 fully saturated rings.